The van der Waals surface area contributed by atoms with Gasteiger partial charge in [-0.3, -0.25) is 0 Å². The van der Waals surface area contributed by atoms with E-state index in [0.717, 1.165) is 66.5 Å². The Balaban J connectivity index is 0.00000204. The average molecular weight is 564 g/mol. The van der Waals surface area contributed by atoms with Crippen LogP contribution >= 0.6 is 48.6 Å². The number of phenols is 2. The molecule has 0 aliphatic heterocycles. The molecule has 0 spiro atoms. The topological polar surface area (TPSA) is 117 Å². The summed E-state index contributed by atoms with van der Waals surface area (Å²) in [5, 5.41) is 24.1. The summed E-state index contributed by atoms with van der Waals surface area (Å²) >= 11 is 1.54. The number of nitrogens with one attached hydrogen (secondary N) is 1. The second kappa shape index (κ2) is 14.9. The first-order valence-corrected chi connectivity index (χ1v) is 12.5. The van der Waals surface area contributed by atoms with Gasteiger partial charge in [0.05, 0.1) is 10.2 Å². The Morgan fingerprint density at radius 3 is 2.57 bits per heavy atom. The molecular formula is C25H37Cl3N4O2S. The molecular weight excluding hydrogens is 527 g/mol. The van der Waals surface area contributed by atoms with E-state index in [2.05, 4.69) is 28.5 Å². The molecule has 2 atom stereocenters. The van der Waals surface area contributed by atoms with Crippen LogP contribution in [0.4, 0.5) is 5.13 Å². The van der Waals surface area contributed by atoms with E-state index in [1.807, 2.05) is 6.07 Å². The number of aromatic nitrogens is 1. The standard InChI is InChI=1S/C25H34N4O2S.3ClH/c26-20-9-7-19-17(8-11-22(30)24(19)31)18(20)5-3-1-2-4-13-28-14-12-16-6-10-21-23(15-16)32-25(27)29-21;;;/h6,8,10-11,15,18,20,28,30-31H,1-5,7,9,12-14,26H2,(H2,27,29);3*1H. The smallest absolute Gasteiger partial charge is 0.181 e. The first-order valence-electron chi connectivity index (χ1n) is 11.7. The summed E-state index contributed by atoms with van der Waals surface area (Å²) in [6.45, 7) is 2.01. The van der Waals surface area contributed by atoms with Gasteiger partial charge in [0.2, 0.25) is 0 Å². The number of hydrogen-bond acceptors (Lipinski definition) is 7. The number of halogens is 3. The Kier molecular flexibility index (Phi) is 13.5. The van der Waals surface area contributed by atoms with Gasteiger partial charge in [-0.2, -0.15) is 0 Å². The lowest BCUT2D eigenvalue weighted by Crippen LogP contribution is -2.33. The first kappa shape index (κ1) is 31.5. The Morgan fingerprint density at radius 1 is 1.00 bits per heavy atom. The molecule has 35 heavy (non-hydrogen) atoms. The third kappa shape index (κ3) is 8.00. The van der Waals surface area contributed by atoms with Crippen LogP contribution in [0.15, 0.2) is 30.3 Å². The molecule has 10 heteroatoms. The molecule has 6 nitrogen and oxygen atoms in total. The molecule has 0 saturated heterocycles. The fourth-order valence-corrected chi connectivity index (χ4v) is 5.63. The highest BCUT2D eigenvalue weighted by molar-refractivity contribution is 7.22. The molecule has 1 aromatic heterocycles. The third-order valence-electron chi connectivity index (χ3n) is 6.62. The van der Waals surface area contributed by atoms with Gasteiger partial charge < -0.3 is 27.0 Å². The number of hydrogen-bond donors (Lipinski definition) is 5. The lowest BCUT2D eigenvalue weighted by molar-refractivity contribution is 0.380. The van der Waals surface area contributed by atoms with E-state index in [1.54, 1.807) is 17.4 Å². The largest absolute Gasteiger partial charge is 0.504 e. The molecule has 0 radical (unpaired) electrons. The number of anilines is 1. The Bertz CT molecular complexity index is 1070. The number of aromatic hydroxyl groups is 2. The molecule has 1 heterocycles. The summed E-state index contributed by atoms with van der Waals surface area (Å²) in [5.74, 6) is 0.287. The maximum atomic E-state index is 10.2. The van der Waals surface area contributed by atoms with Crippen molar-refractivity contribution in [2.75, 3.05) is 18.8 Å². The van der Waals surface area contributed by atoms with Crippen LogP contribution in [0.25, 0.3) is 10.2 Å². The number of nitrogens with two attached hydrogens (primary N) is 2. The van der Waals surface area contributed by atoms with E-state index in [0.29, 0.717) is 5.13 Å². The summed E-state index contributed by atoms with van der Waals surface area (Å²) < 4.78 is 1.16. The maximum Gasteiger partial charge on any atom is 0.181 e. The number of phenolic OH excluding ortho intramolecular Hbond substituents is 2. The number of rotatable bonds is 10. The van der Waals surface area contributed by atoms with Crippen molar-refractivity contribution in [2.24, 2.45) is 5.73 Å². The fourth-order valence-electron chi connectivity index (χ4n) is 4.83. The zero-order chi connectivity index (χ0) is 22.5. The van der Waals surface area contributed by atoms with Crippen LogP contribution in [-0.4, -0.2) is 34.3 Å². The number of nitrogen functional groups attached to an aromatic ring is 1. The summed E-state index contributed by atoms with van der Waals surface area (Å²) in [7, 11) is 0. The molecule has 0 amide bonds. The highest BCUT2D eigenvalue weighted by atomic mass is 35.5. The van der Waals surface area contributed by atoms with Crippen LogP contribution in [0.1, 0.15) is 61.1 Å². The first-order chi connectivity index (χ1) is 15.5. The van der Waals surface area contributed by atoms with Crippen molar-refractivity contribution in [1.29, 1.82) is 0 Å². The van der Waals surface area contributed by atoms with Crippen LogP contribution in [-0.2, 0) is 12.8 Å². The minimum atomic E-state index is -0.0285. The van der Waals surface area contributed by atoms with Crippen molar-refractivity contribution in [2.45, 2.75) is 63.3 Å². The number of nitrogens with zero attached hydrogens (tertiary/aromatic N) is 1. The predicted octanol–water partition coefficient (Wildman–Crippen LogP) is 5.70. The number of benzene rings is 2. The minimum Gasteiger partial charge on any atom is -0.504 e. The third-order valence-corrected chi connectivity index (χ3v) is 7.47. The maximum absolute atomic E-state index is 10.2. The van der Waals surface area contributed by atoms with Crippen LogP contribution < -0.4 is 16.8 Å². The van der Waals surface area contributed by atoms with E-state index in [1.165, 1.54) is 24.8 Å². The molecule has 3 aromatic rings. The quantitative estimate of drug-likeness (QED) is 0.160. The van der Waals surface area contributed by atoms with E-state index in [9.17, 15) is 10.2 Å². The zero-order valence-corrected chi connectivity index (χ0v) is 23.0. The van der Waals surface area contributed by atoms with Crippen molar-refractivity contribution in [3.05, 3.63) is 47.0 Å². The minimum absolute atomic E-state index is 0. The highest BCUT2D eigenvalue weighted by Gasteiger charge is 2.29. The number of unbranched alkanes of at least 4 members (excludes halogenated alkanes) is 3. The van der Waals surface area contributed by atoms with Gasteiger partial charge in [0, 0.05) is 11.6 Å². The van der Waals surface area contributed by atoms with E-state index < -0.39 is 0 Å². The van der Waals surface area contributed by atoms with Crippen molar-refractivity contribution in [1.82, 2.24) is 10.3 Å². The number of thiazole rings is 1. The van der Waals surface area contributed by atoms with Crippen molar-refractivity contribution >= 4 is 63.9 Å². The highest BCUT2D eigenvalue weighted by Crippen LogP contribution is 2.42. The van der Waals surface area contributed by atoms with Crippen molar-refractivity contribution < 1.29 is 10.2 Å². The van der Waals surface area contributed by atoms with E-state index in [4.69, 9.17) is 11.5 Å². The van der Waals surface area contributed by atoms with Crippen LogP contribution in [0.2, 0.25) is 0 Å². The van der Waals surface area contributed by atoms with Gasteiger partial charge in [0.25, 0.3) is 0 Å². The van der Waals surface area contributed by atoms with Gasteiger partial charge in [0.15, 0.2) is 16.6 Å². The van der Waals surface area contributed by atoms with Crippen LogP contribution in [0.5, 0.6) is 11.5 Å². The molecule has 196 valence electrons. The van der Waals surface area contributed by atoms with E-state index >= 15 is 0 Å². The van der Waals surface area contributed by atoms with E-state index in [-0.39, 0.29) is 60.7 Å². The van der Waals surface area contributed by atoms with Crippen molar-refractivity contribution in [3.63, 3.8) is 0 Å². The molecule has 1 aliphatic carbocycles. The molecule has 4 rings (SSSR count). The molecule has 7 N–H and O–H groups in total. The Labute approximate surface area is 230 Å². The summed E-state index contributed by atoms with van der Waals surface area (Å²) in [5.41, 5.74) is 16.5. The van der Waals surface area contributed by atoms with Gasteiger partial charge in [-0.15, -0.1) is 37.2 Å². The molecule has 2 aromatic carbocycles. The lowest BCUT2D eigenvalue weighted by Gasteiger charge is -2.32. The molecule has 0 fully saturated rings. The summed E-state index contributed by atoms with van der Waals surface area (Å²) in [6, 6.07) is 10.1. The lowest BCUT2D eigenvalue weighted by atomic mass is 9.76. The Hall–Kier alpha value is -1.48. The monoisotopic (exact) mass is 562 g/mol. The Morgan fingerprint density at radius 2 is 1.77 bits per heavy atom. The molecule has 1 aliphatic rings. The van der Waals surface area contributed by atoms with Crippen LogP contribution in [0.3, 0.4) is 0 Å². The normalized spacial score (nSPS) is 16.6. The SMILES string of the molecule is Cl.Cl.Cl.Nc1nc2ccc(CCNCCCCCCC3c4ccc(O)c(O)c4CCC3N)cc2s1. The van der Waals surface area contributed by atoms with Gasteiger partial charge in [0.1, 0.15) is 0 Å². The number of fused-ring (bicyclic) bond motifs is 2. The summed E-state index contributed by atoms with van der Waals surface area (Å²) in [4.78, 5) is 4.30. The predicted molar refractivity (Wildman–Crippen MR) is 154 cm³/mol. The van der Waals surface area contributed by atoms with Gasteiger partial charge in [-0.1, -0.05) is 42.7 Å². The zero-order valence-electron chi connectivity index (χ0n) is 19.7. The van der Waals surface area contributed by atoms with Crippen molar-refractivity contribution in [3.8, 4) is 11.5 Å². The van der Waals surface area contributed by atoms with Gasteiger partial charge >= 0.3 is 0 Å². The van der Waals surface area contributed by atoms with Crippen LogP contribution in [0, 0.1) is 0 Å². The van der Waals surface area contributed by atoms with Gasteiger partial charge in [-0.25, -0.2) is 4.98 Å². The second-order valence-corrected chi connectivity index (χ2v) is 9.93. The summed E-state index contributed by atoms with van der Waals surface area (Å²) in [6.07, 6.45) is 8.35. The molecule has 0 bridgehead atoms. The average Bonchev–Trinajstić information content (AvgIpc) is 3.15. The fraction of sp³-hybridized carbons (Fsp3) is 0.480. The molecule has 0 saturated carbocycles. The molecule has 2 unspecified atom stereocenters. The van der Waals surface area contributed by atoms with Gasteiger partial charge in [-0.05, 0) is 80.4 Å². The second-order valence-electron chi connectivity index (χ2n) is 8.87.